The maximum absolute atomic E-state index is 9.04. The van der Waals surface area contributed by atoms with Gasteiger partial charge in [-0.3, -0.25) is 0 Å². The Bertz CT molecular complexity index is 205. The minimum atomic E-state index is -0.766. The van der Waals surface area contributed by atoms with E-state index in [1.807, 2.05) is 30.3 Å². The molecule has 0 aliphatic heterocycles. The van der Waals surface area contributed by atoms with Gasteiger partial charge in [0.05, 0.1) is 16.3 Å². The van der Waals surface area contributed by atoms with Crippen molar-refractivity contribution in [2.45, 2.75) is 6.32 Å². The normalized spacial score (nSPS) is 9.64. The molecule has 0 radical (unpaired) electrons. The Hall–Kier alpha value is -0.315. The summed E-state index contributed by atoms with van der Waals surface area (Å²) < 4.78 is 4.52. The van der Waals surface area contributed by atoms with Crippen LogP contribution in [0.15, 0.2) is 30.3 Å². The van der Waals surface area contributed by atoms with Crippen molar-refractivity contribution in [2.75, 3.05) is 0 Å². The average Bonchev–Trinajstić information content (AvgIpc) is 2.06. The van der Waals surface area contributed by atoms with Crippen LogP contribution in [0, 0.1) is 0 Å². The van der Waals surface area contributed by atoms with Gasteiger partial charge in [-0.15, -0.1) is 0 Å². The minimum Gasteiger partial charge on any atom is -0.426 e. The van der Waals surface area contributed by atoms with Gasteiger partial charge in [0, 0.05) is 6.32 Å². The van der Waals surface area contributed by atoms with E-state index in [9.17, 15) is 0 Å². The Kier molecular flexibility index (Phi) is 3.62. The molecule has 0 saturated heterocycles. The molecule has 0 heterocycles. The van der Waals surface area contributed by atoms with Gasteiger partial charge in [-0.2, -0.15) is 0 Å². The molecule has 0 amide bonds. The Balaban J connectivity index is 2.51. The zero-order valence-corrected chi connectivity index (χ0v) is 7.49. The van der Waals surface area contributed by atoms with Crippen LogP contribution in [0.2, 0.25) is 0 Å². The SMILES string of the molecule is OB(Cc1ccccc1)OBr. The van der Waals surface area contributed by atoms with Gasteiger partial charge in [-0.1, -0.05) is 30.3 Å². The molecule has 0 unspecified atom stereocenters. The van der Waals surface area contributed by atoms with Gasteiger partial charge >= 0.3 is 7.12 Å². The molecule has 58 valence electrons. The van der Waals surface area contributed by atoms with Gasteiger partial charge in [0.25, 0.3) is 0 Å². The molecule has 2 nitrogen and oxygen atoms in total. The van der Waals surface area contributed by atoms with Crippen molar-refractivity contribution in [3.63, 3.8) is 0 Å². The van der Waals surface area contributed by atoms with Crippen LogP contribution in [0.4, 0.5) is 0 Å². The van der Waals surface area contributed by atoms with Crippen LogP contribution < -0.4 is 0 Å². The van der Waals surface area contributed by atoms with Crippen molar-refractivity contribution in [2.24, 2.45) is 0 Å². The largest absolute Gasteiger partial charge is 0.469 e. The summed E-state index contributed by atoms with van der Waals surface area (Å²) in [6.45, 7) is 0. The second-order valence-corrected chi connectivity index (χ2v) is 2.61. The standard InChI is InChI=1S/C7H8BBrO2/c9-11-8(10)6-7-4-2-1-3-5-7/h1-5,10H,6H2. The third-order valence-corrected chi connectivity index (χ3v) is 1.79. The topological polar surface area (TPSA) is 29.5 Å². The maximum Gasteiger partial charge on any atom is 0.469 e. The van der Waals surface area contributed by atoms with Crippen molar-refractivity contribution >= 4 is 23.4 Å². The van der Waals surface area contributed by atoms with Crippen LogP contribution in [0.3, 0.4) is 0 Å². The summed E-state index contributed by atoms with van der Waals surface area (Å²) in [5, 5.41) is 9.04. The Morgan fingerprint density at radius 1 is 1.36 bits per heavy atom. The predicted octanol–water partition coefficient (Wildman–Crippen LogP) is 1.58. The molecule has 1 N–H and O–H groups in total. The summed E-state index contributed by atoms with van der Waals surface area (Å²) in [5.41, 5.74) is 1.06. The third kappa shape index (κ3) is 3.05. The second kappa shape index (κ2) is 4.54. The highest BCUT2D eigenvalue weighted by atomic mass is 79.9. The van der Waals surface area contributed by atoms with Gasteiger partial charge < -0.3 is 8.77 Å². The molecule has 0 aliphatic rings. The van der Waals surface area contributed by atoms with Gasteiger partial charge in [0.1, 0.15) is 0 Å². The number of rotatable bonds is 3. The van der Waals surface area contributed by atoms with E-state index >= 15 is 0 Å². The maximum atomic E-state index is 9.04. The fourth-order valence-corrected chi connectivity index (χ4v) is 0.979. The summed E-state index contributed by atoms with van der Waals surface area (Å²) in [4.78, 5) is 0. The molecular formula is C7H8BBrO2. The molecule has 0 atom stereocenters. The van der Waals surface area contributed by atoms with Crippen molar-refractivity contribution in [3.8, 4) is 0 Å². The van der Waals surface area contributed by atoms with E-state index in [1.54, 1.807) is 0 Å². The lowest BCUT2D eigenvalue weighted by Gasteiger charge is -2.00. The summed E-state index contributed by atoms with van der Waals surface area (Å²) >= 11 is 2.72. The Morgan fingerprint density at radius 2 is 2.00 bits per heavy atom. The van der Waals surface area contributed by atoms with Crippen molar-refractivity contribution in [1.29, 1.82) is 0 Å². The van der Waals surface area contributed by atoms with Crippen molar-refractivity contribution < 1.29 is 8.77 Å². The molecule has 0 aliphatic carbocycles. The first-order valence-corrected chi connectivity index (χ1v) is 3.97. The van der Waals surface area contributed by atoms with E-state index in [-0.39, 0.29) is 0 Å². The van der Waals surface area contributed by atoms with E-state index in [2.05, 4.69) is 20.0 Å². The number of hydrogen-bond donors (Lipinski definition) is 1. The van der Waals surface area contributed by atoms with Gasteiger partial charge in [-0.05, 0) is 5.56 Å². The lowest BCUT2D eigenvalue weighted by atomic mass is 9.82. The molecule has 11 heavy (non-hydrogen) atoms. The highest BCUT2D eigenvalue weighted by Gasteiger charge is 2.11. The highest BCUT2D eigenvalue weighted by Crippen LogP contribution is 2.02. The van der Waals surface area contributed by atoms with E-state index in [1.165, 1.54) is 0 Å². The quantitative estimate of drug-likeness (QED) is 0.775. The van der Waals surface area contributed by atoms with E-state index in [4.69, 9.17) is 5.02 Å². The second-order valence-electron chi connectivity index (χ2n) is 2.23. The number of benzene rings is 1. The first-order chi connectivity index (χ1) is 5.33. The number of halogens is 1. The molecule has 1 aromatic carbocycles. The third-order valence-electron chi connectivity index (χ3n) is 1.36. The molecule has 0 fully saturated rings. The Morgan fingerprint density at radius 3 is 2.55 bits per heavy atom. The molecule has 0 aromatic heterocycles. The first-order valence-electron chi connectivity index (χ1n) is 3.32. The lowest BCUT2D eigenvalue weighted by Crippen LogP contribution is -2.16. The van der Waals surface area contributed by atoms with Crippen LogP contribution in [-0.4, -0.2) is 12.1 Å². The van der Waals surface area contributed by atoms with Gasteiger partial charge in [0.15, 0.2) is 0 Å². The zero-order chi connectivity index (χ0) is 8.10. The van der Waals surface area contributed by atoms with Crippen LogP contribution in [0.5, 0.6) is 0 Å². The monoisotopic (exact) mass is 214 g/mol. The summed E-state index contributed by atoms with van der Waals surface area (Å²) in [5.74, 6) is 0. The first kappa shape index (κ1) is 8.78. The van der Waals surface area contributed by atoms with E-state index < -0.39 is 7.12 Å². The molecule has 0 spiro atoms. The molecule has 1 rings (SSSR count). The van der Waals surface area contributed by atoms with Crippen LogP contribution in [0.25, 0.3) is 0 Å². The molecule has 1 aromatic rings. The van der Waals surface area contributed by atoms with Gasteiger partial charge in [-0.25, -0.2) is 0 Å². The lowest BCUT2D eigenvalue weighted by molar-refractivity contribution is 0.458. The van der Waals surface area contributed by atoms with Gasteiger partial charge in [0.2, 0.25) is 0 Å². The summed E-state index contributed by atoms with van der Waals surface area (Å²) in [6.07, 6.45) is 0.506. The van der Waals surface area contributed by atoms with E-state index in [0.717, 1.165) is 5.56 Å². The fourth-order valence-electron chi connectivity index (χ4n) is 0.847. The fraction of sp³-hybridized carbons (Fsp3) is 0.143. The smallest absolute Gasteiger partial charge is 0.426 e. The van der Waals surface area contributed by atoms with Crippen LogP contribution in [-0.2, 0) is 10.1 Å². The minimum absolute atomic E-state index is 0.506. The Labute approximate surface area is 74.8 Å². The molecule has 0 saturated carbocycles. The van der Waals surface area contributed by atoms with Crippen molar-refractivity contribution in [3.05, 3.63) is 35.9 Å². The zero-order valence-electron chi connectivity index (χ0n) is 5.90. The summed E-state index contributed by atoms with van der Waals surface area (Å²) in [6, 6.07) is 9.67. The van der Waals surface area contributed by atoms with E-state index in [0.29, 0.717) is 6.32 Å². The predicted molar refractivity (Wildman–Crippen MR) is 48.1 cm³/mol. The van der Waals surface area contributed by atoms with Crippen molar-refractivity contribution in [1.82, 2.24) is 0 Å². The highest BCUT2D eigenvalue weighted by molar-refractivity contribution is 9.06. The van der Waals surface area contributed by atoms with Crippen LogP contribution in [0.1, 0.15) is 5.56 Å². The molecule has 0 bridgehead atoms. The average molecular weight is 215 g/mol. The number of hydrogen-bond acceptors (Lipinski definition) is 2. The van der Waals surface area contributed by atoms with Crippen LogP contribution >= 0.6 is 16.3 Å². The molecule has 4 heteroatoms. The summed E-state index contributed by atoms with van der Waals surface area (Å²) in [7, 11) is -0.766. The molecular weight excluding hydrogens is 207 g/mol.